The Balaban J connectivity index is 2.87. The summed E-state index contributed by atoms with van der Waals surface area (Å²) in [4.78, 5) is 0. The molecule has 1 aromatic rings. The predicted molar refractivity (Wildman–Crippen MR) is 74.9 cm³/mol. The van der Waals surface area contributed by atoms with Crippen molar-refractivity contribution in [2.45, 2.75) is 45.2 Å². The van der Waals surface area contributed by atoms with Gasteiger partial charge in [0, 0.05) is 10.6 Å². The average molecular weight is 273 g/mol. The summed E-state index contributed by atoms with van der Waals surface area (Å²) in [5.74, 6) is 0. The van der Waals surface area contributed by atoms with E-state index in [9.17, 15) is 5.11 Å². The number of rotatable bonds is 5. The van der Waals surface area contributed by atoms with Gasteiger partial charge in [0.15, 0.2) is 8.32 Å². The Kier molecular flexibility index (Phi) is 5.19. The highest BCUT2D eigenvalue weighted by Crippen LogP contribution is 2.29. The molecule has 96 valence electrons. The number of hydrogen-bond donors (Lipinski definition) is 1. The van der Waals surface area contributed by atoms with Crippen LogP contribution in [-0.4, -0.2) is 19.5 Å². The van der Waals surface area contributed by atoms with Gasteiger partial charge in [-0.15, -0.1) is 0 Å². The molecule has 0 spiro atoms. The van der Waals surface area contributed by atoms with E-state index in [0.29, 0.717) is 5.02 Å². The summed E-state index contributed by atoms with van der Waals surface area (Å²) in [6.07, 6.45) is -0.0570. The molecule has 0 unspecified atom stereocenters. The zero-order valence-electron chi connectivity index (χ0n) is 10.9. The highest BCUT2D eigenvalue weighted by atomic mass is 35.5. The molecule has 0 aromatic heterocycles. The SMILES string of the molecule is CC[C@H](O[Si](C)(C)C)[C@@H](O)c1ccccc1Cl. The lowest BCUT2D eigenvalue weighted by atomic mass is 10.0. The maximum atomic E-state index is 10.3. The van der Waals surface area contributed by atoms with Gasteiger partial charge >= 0.3 is 0 Å². The average Bonchev–Trinajstić information content (AvgIpc) is 2.24. The van der Waals surface area contributed by atoms with Gasteiger partial charge in [-0.25, -0.2) is 0 Å². The monoisotopic (exact) mass is 272 g/mol. The normalized spacial score (nSPS) is 15.6. The summed E-state index contributed by atoms with van der Waals surface area (Å²) < 4.78 is 5.99. The highest BCUT2D eigenvalue weighted by molar-refractivity contribution is 6.69. The highest BCUT2D eigenvalue weighted by Gasteiger charge is 2.27. The second-order valence-corrected chi connectivity index (χ2v) is 10.0. The van der Waals surface area contributed by atoms with Gasteiger partial charge in [-0.3, -0.25) is 0 Å². The van der Waals surface area contributed by atoms with Gasteiger partial charge in [-0.05, 0) is 32.1 Å². The van der Waals surface area contributed by atoms with Crippen molar-refractivity contribution in [3.05, 3.63) is 34.9 Å². The van der Waals surface area contributed by atoms with E-state index in [2.05, 4.69) is 19.6 Å². The first-order valence-corrected chi connectivity index (χ1v) is 9.74. The number of aliphatic hydroxyl groups excluding tert-OH is 1. The maximum Gasteiger partial charge on any atom is 0.184 e. The Bertz CT molecular complexity index is 363. The van der Waals surface area contributed by atoms with Crippen LogP contribution in [0.3, 0.4) is 0 Å². The minimum absolute atomic E-state index is 0.179. The van der Waals surface area contributed by atoms with Crippen molar-refractivity contribution in [3.63, 3.8) is 0 Å². The first-order chi connectivity index (χ1) is 7.85. The summed E-state index contributed by atoms with van der Waals surface area (Å²) in [5, 5.41) is 10.9. The Morgan fingerprint density at radius 3 is 2.35 bits per heavy atom. The fraction of sp³-hybridized carbons (Fsp3) is 0.538. The Morgan fingerprint density at radius 2 is 1.88 bits per heavy atom. The molecule has 4 heteroatoms. The molecular formula is C13H21ClO2Si. The molecule has 0 saturated carbocycles. The van der Waals surface area contributed by atoms with E-state index in [0.717, 1.165) is 12.0 Å². The van der Waals surface area contributed by atoms with E-state index < -0.39 is 14.4 Å². The lowest BCUT2D eigenvalue weighted by molar-refractivity contribution is 0.0284. The van der Waals surface area contributed by atoms with E-state index in [1.807, 2.05) is 25.1 Å². The second kappa shape index (κ2) is 6.00. The van der Waals surface area contributed by atoms with Gasteiger partial charge in [0.05, 0.1) is 6.10 Å². The molecule has 1 aromatic carbocycles. The van der Waals surface area contributed by atoms with Gasteiger partial charge < -0.3 is 9.53 Å². The van der Waals surface area contributed by atoms with Crippen LogP contribution >= 0.6 is 11.6 Å². The zero-order valence-corrected chi connectivity index (χ0v) is 12.7. The van der Waals surface area contributed by atoms with Gasteiger partial charge in [-0.1, -0.05) is 36.7 Å². The molecule has 2 nitrogen and oxygen atoms in total. The minimum atomic E-state index is -1.66. The fourth-order valence-electron chi connectivity index (χ4n) is 1.74. The molecule has 0 saturated heterocycles. The van der Waals surface area contributed by atoms with E-state index in [-0.39, 0.29) is 6.10 Å². The summed E-state index contributed by atoms with van der Waals surface area (Å²) in [5.41, 5.74) is 0.749. The van der Waals surface area contributed by atoms with Crippen molar-refractivity contribution < 1.29 is 9.53 Å². The molecule has 1 rings (SSSR count). The Hall–Kier alpha value is -0.353. The second-order valence-electron chi connectivity index (χ2n) is 5.14. The zero-order chi connectivity index (χ0) is 13.1. The molecule has 0 heterocycles. The van der Waals surface area contributed by atoms with Crippen LogP contribution in [-0.2, 0) is 4.43 Å². The standard InChI is InChI=1S/C13H21ClO2Si/c1-5-12(16-17(2,3)4)13(15)10-8-6-7-9-11(10)14/h6-9,12-13,15H,5H2,1-4H3/t12-,13-/m0/s1. The van der Waals surface area contributed by atoms with Gasteiger partial charge in [0.25, 0.3) is 0 Å². The Labute approximate surface area is 110 Å². The lowest BCUT2D eigenvalue weighted by Crippen LogP contribution is -2.35. The van der Waals surface area contributed by atoms with Gasteiger partial charge in [0.1, 0.15) is 6.10 Å². The largest absolute Gasteiger partial charge is 0.412 e. The molecule has 0 fully saturated rings. The molecule has 0 aliphatic carbocycles. The molecule has 2 atom stereocenters. The number of halogens is 1. The molecular weight excluding hydrogens is 252 g/mol. The van der Waals surface area contributed by atoms with Crippen molar-refractivity contribution in [1.82, 2.24) is 0 Å². The van der Waals surface area contributed by atoms with Crippen LogP contribution in [0.15, 0.2) is 24.3 Å². The third-order valence-corrected chi connectivity index (χ3v) is 3.84. The van der Waals surface area contributed by atoms with E-state index >= 15 is 0 Å². The van der Waals surface area contributed by atoms with E-state index in [1.165, 1.54) is 0 Å². The third-order valence-electron chi connectivity index (χ3n) is 2.48. The van der Waals surface area contributed by atoms with Crippen molar-refractivity contribution in [2.75, 3.05) is 0 Å². The lowest BCUT2D eigenvalue weighted by Gasteiger charge is -2.29. The molecule has 1 N–H and O–H groups in total. The summed E-state index contributed by atoms with van der Waals surface area (Å²) in [7, 11) is -1.66. The number of aliphatic hydroxyl groups is 1. The molecule has 0 amide bonds. The first-order valence-electron chi connectivity index (χ1n) is 5.95. The first kappa shape index (κ1) is 14.7. The molecule has 17 heavy (non-hydrogen) atoms. The third kappa shape index (κ3) is 4.43. The maximum absolute atomic E-state index is 10.3. The minimum Gasteiger partial charge on any atom is -0.412 e. The van der Waals surface area contributed by atoms with Gasteiger partial charge in [0.2, 0.25) is 0 Å². The van der Waals surface area contributed by atoms with E-state index in [4.69, 9.17) is 16.0 Å². The summed E-state index contributed by atoms with van der Waals surface area (Å²) in [6, 6.07) is 7.38. The van der Waals surface area contributed by atoms with Crippen molar-refractivity contribution in [2.24, 2.45) is 0 Å². The van der Waals surface area contributed by atoms with E-state index in [1.54, 1.807) is 6.07 Å². The predicted octanol–water partition coefficient (Wildman–Crippen LogP) is 4.00. The van der Waals surface area contributed by atoms with Gasteiger partial charge in [-0.2, -0.15) is 0 Å². The topological polar surface area (TPSA) is 29.5 Å². The van der Waals surface area contributed by atoms with Crippen LogP contribution in [0.2, 0.25) is 24.7 Å². The molecule has 0 aliphatic heterocycles. The van der Waals surface area contributed by atoms with Crippen LogP contribution in [0.25, 0.3) is 0 Å². The van der Waals surface area contributed by atoms with Crippen molar-refractivity contribution >= 4 is 19.9 Å². The number of hydrogen-bond acceptors (Lipinski definition) is 2. The van der Waals surface area contributed by atoms with Crippen LogP contribution in [0.4, 0.5) is 0 Å². The Morgan fingerprint density at radius 1 is 1.29 bits per heavy atom. The van der Waals surface area contributed by atoms with Crippen LogP contribution in [0.1, 0.15) is 25.0 Å². The smallest absolute Gasteiger partial charge is 0.184 e. The fourth-order valence-corrected chi connectivity index (χ4v) is 3.19. The van der Waals surface area contributed by atoms with Crippen LogP contribution in [0, 0.1) is 0 Å². The summed E-state index contributed by atoms with van der Waals surface area (Å²) in [6.45, 7) is 8.38. The number of benzene rings is 1. The van der Waals surface area contributed by atoms with Crippen LogP contribution in [0.5, 0.6) is 0 Å². The quantitative estimate of drug-likeness (QED) is 0.821. The van der Waals surface area contributed by atoms with Crippen LogP contribution < -0.4 is 0 Å². The van der Waals surface area contributed by atoms with Crippen molar-refractivity contribution in [1.29, 1.82) is 0 Å². The molecule has 0 bridgehead atoms. The van der Waals surface area contributed by atoms with Crippen molar-refractivity contribution in [3.8, 4) is 0 Å². The summed E-state index contributed by atoms with van der Waals surface area (Å²) >= 11 is 6.09. The molecule has 0 aliphatic rings. The molecule has 0 radical (unpaired) electrons.